The van der Waals surface area contributed by atoms with Gasteiger partial charge in [0.15, 0.2) is 11.4 Å². The van der Waals surface area contributed by atoms with Crippen LogP contribution in [0.3, 0.4) is 0 Å². The van der Waals surface area contributed by atoms with Crippen LogP contribution in [0.15, 0.2) is 42.7 Å². The van der Waals surface area contributed by atoms with Crippen LogP contribution in [-0.2, 0) is 0 Å². The first-order chi connectivity index (χ1) is 11.6. The number of pyridine rings is 1. The Bertz CT molecular complexity index is 842. The second kappa shape index (κ2) is 6.80. The molecule has 0 saturated heterocycles. The quantitative estimate of drug-likeness (QED) is 0.705. The highest BCUT2D eigenvalue weighted by Crippen LogP contribution is 2.29. The van der Waals surface area contributed by atoms with Crippen LogP contribution in [-0.4, -0.2) is 48.6 Å². The van der Waals surface area contributed by atoms with Gasteiger partial charge in [-0.25, -0.2) is 4.98 Å². The van der Waals surface area contributed by atoms with E-state index >= 15 is 0 Å². The van der Waals surface area contributed by atoms with Crippen LogP contribution < -0.4 is 15.2 Å². The standard InChI is InChI=1S/C18H22N4O2/c1-21(2)9-10-24-17-5-4-8-22-12-15(20-18(17)22)13-6-7-16(23-3)14(19)11-13/h4-8,11-12H,9-10,19H2,1-3H3. The molecule has 0 unspecified atom stereocenters. The Morgan fingerprint density at radius 3 is 2.75 bits per heavy atom. The van der Waals surface area contributed by atoms with Crippen LogP contribution in [0, 0.1) is 0 Å². The molecule has 0 spiro atoms. The molecule has 2 N–H and O–H groups in total. The first-order valence-electron chi connectivity index (χ1n) is 7.77. The summed E-state index contributed by atoms with van der Waals surface area (Å²) in [4.78, 5) is 6.79. The third kappa shape index (κ3) is 3.28. The van der Waals surface area contributed by atoms with Crippen molar-refractivity contribution in [2.75, 3.05) is 40.1 Å². The zero-order valence-electron chi connectivity index (χ0n) is 14.2. The SMILES string of the molecule is COc1ccc(-c2cn3cccc(OCCN(C)C)c3n2)cc1N. The molecular formula is C18H22N4O2. The van der Waals surface area contributed by atoms with Crippen molar-refractivity contribution in [2.24, 2.45) is 0 Å². The predicted molar refractivity (Wildman–Crippen MR) is 95.6 cm³/mol. The first kappa shape index (κ1) is 16.1. The molecule has 0 saturated carbocycles. The van der Waals surface area contributed by atoms with Crippen LogP contribution in [0.25, 0.3) is 16.9 Å². The summed E-state index contributed by atoms with van der Waals surface area (Å²) in [5.41, 5.74) is 9.16. The summed E-state index contributed by atoms with van der Waals surface area (Å²) in [7, 11) is 5.64. The molecule has 2 aromatic heterocycles. The van der Waals surface area contributed by atoms with Gasteiger partial charge in [0.2, 0.25) is 0 Å². The molecule has 0 atom stereocenters. The Hall–Kier alpha value is -2.73. The summed E-state index contributed by atoms with van der Waals surface area (Å²) in [5, 5.41) is 0. The average molecular weight is 326 g/mol. The van der Waals surface area contributed by atoms with E-state index in [9.17, 15) is 0 Å². The van der Waals surface area contributed by atoms with E-state index in [1.165, 1.54) is 0 Å². The van der Waals surface area contributed by atoms with Gasteiger partial charge in [0.05, 0.1) is 18.5 Å². The third-order valence-electron chi connectivity index (χ3n) is 3.77. The molecule has 0 aliphatic heterocycles. The molecule has 6 heteroatoms. The number of hydrogen-bond acceptors (Lipinski definition) is 5. The fourth-order valence-electron chi connectivity index (χ4n) is 2.47. The number of nitrogens with zero attached hydrogens (tertiary/aromatic N) is 3. The lowest BCUT2D eigenvalue weighted by Crippen LogP contribution is -2.19. The summed E-state index contributed by atoms with van der Waals surface area (Å²) >= 11 is 0. The zero-order valence-corrected chi connectivity index (χ0v) is 14.2. The molecule has 0 radical (unpaired) electrons. The van der Waals surface area contributed by atoms with E-state index < -0.39 is 0 Å². The highest BCUT2D eigenvalue weighted by Gasteiger charge is 2.10. The molecule has 0 fully saturated rings. The maximum atomic E-state index is 6.00. The predicted octanol–water partition coefficient (Wildman–Crippen LogP) is 2.53. The second-order valence-electron chi connectivity index (χ2n) is 5.84. The van der Waals surface area contributed by atoms with Crippen molar-refractivity contribution >= 4 is 11.3 Å². The summed E-state index contributed by atoms with van der Waals surface area (Å²) in [6, 6.07) is 9.55. The van der Waals surface area contributed by atoms with Crippen LogP contribution in [0.5, 0.6) is 11.5 Å². The van der Waals surface area contributed by atoms with E-state index in [0.29, 0.717) is 18.0 Å². The van der Waals surface area contributed by atoms with E-state index in [2.05, 4.69) is 4.90 Å². The summed E-state index contributed by atoms with van der Waals surface area (Å²) in [5.74, 6) is 1.43. The van der Waals surface area contributed by atoms with Gasteiger partial charge in [0, 0.05) is 24.5 Å². The van der Waals surface area contributed by atoms with Crippen molar-refractivity contribution < 1.29 is 9.47 Å². The van der Waals surface area contributed by atoms with Gasteiger partial charge in [0.1, 0.15) is 12.4 Å². The molecule has 1 aromatic carbocycles. The van der Waals surface area contributed by atoms with Crippen molar-refractivity contribution in [1.29, 1.82) is 0 Å². The Balaban J connectivity index is 1.92. The average Bonchev–Trinajstić information content (AvgIpc) is 2.99. The first-order valence-corrected chi connectivity index (χ1v) is 7.77. The number of benzene rings is 1. The van der Waals surface area contributed by atoms with Gasteiger partial charge < -0.3 is 24.5 Å². The van der Waals surface area contributed by atoms with Gasteiger partial charge in [-0.3, -0.25) is 0 Å². The Morgan fingerprint density at radius 1 is 1.21 bits per heavy atom. The van der Waals surface area contributed by atoms with E-state index in [4.69, 9.17) is 20.2 Å². The van der Waals surface area contributed by atoms with Gasteiger partial charge in [-0.05, 0) is 44.4 Å². The summed E-state index contributed by atoms with van der Waals surface area (Å²) in [6.45, 7) is 1.47. The van der Waals surface area contributed by atoms with Gasteiger partial charge in [-0.15, -0.1) is 0 Å². The molecule has 6 nitrogen and oxygen atoms in total. The lowest BCUT2D eigenvalue weighted by molar-refractivity contribution is 0.262. The van der Waals surface area contributed by atoms with E-state index in [-0.39, 0.29) is 0 Å². The lowest BCUT2D eigenvalue weighted by Gasteiger charge is -2.11. The van der Waals surface area contributed by atoms with Crippen LogP contribution in [0.2, 0.25) is 0 Å². The molecular weight excluding hydrogens is 304 g/mol. The number of nitrogen functional groups attached to an aromatic ring is 1. The minimum atomic E-state index is 0.592. The van der Waals surface area contributed by atoms with E-state index in [1.54, 1.807) is 7.11 Å². The number of likely N-dealkylation sites (N-methyl/N-ethyl adjacent to an activating group) is 1. The van der Waals surface area contributed by atoms with E-state index in [0.717, 1.165) is 29.2 Å². The van der Waals surface area contributed by atoms with Crippen molar-refractivity contribution in [2.45, 2.75) is 0 Å². The number of aromatic nitrogens is 2. The fourth-order valence-corrected chi connectivity index (χ4v) is 2.47. The topological polar surface area (TPSA) is 65.0 Å². The number of methoxy groups -OCH3 is 1. The molecule has 0 aliphatic rings. The summed E-state index contributed by atoms with van der Waals surface area (Å²) in [6.07, 6.45) is 3.92. The van der Waals surface area contributed by atoms with Crippen LogP contribution >= 0.6 is 0 Å². The molecule has 0 aliphatic carbocycles. The molecule has 0 bridgehead atoms. The van der Waals surface area contributed by atoms with Crippen molar-refractivity contribution in [3.63, 3.8) is 0 Å². The number of ether oxygens (including phenoxy) is 2. The zero-order chi connectivity index (χ0) is 17.1. The van der Waals surface area contributed by atoms with Gasteiger partial charge >= 0.3 is 0 Å². The van der Waals surface area contributed by atoms with E-state index in [1.807, 2.05) is 61.2 Å². The molecule has 24 heavy (non-hydrogen) atoms. The third-order valence-corrected chi connectivity index (χ3v) is 3.77. The second-order valence-corrected chi connectivity index (χ2v) is 5.84. The number of fused-ring (bicyclic) bond motifs is 1. The van der Waals surface area contributed by atoms with Gasteiger partial charge in [-0.2, -0.15) is 0 Å². The number of hydrogen-bond donors (Lipinski definition) is 1. The minimum Gasteiger partial charge on any atom is -0.495 e. The highest BCUT2D eigenvalue weighted by atomic mass is 16.5. The molecule has 126 valence electrons. The van der Waals surface area contributed by atoms with Gasteiger partial charge in [0.25, 0.3) is 0 Å². The fraction of sp³-hybridized carbons (Fsp3) is 0.278. The maximum absolute atomic E-state index is 6.00. The highest BCUT2D eigenvalue weighted by molar-refractivity contribution is 5.71. The van der Waals surface area contributed by atoms with Crippen LogP contribution in [0.4, 0.5) is 5.69 Å². The van der Waals surface area contributed by atoms with Crippen molar-refractivity contribution in [3.8, 4) is 22.8 Å². The van der Waals surface area contributed by atoms with Crippen molar-refractivity contribution in [3.05, 3.63) is 42.7 Å². The maximum Gasteiger partial charge on any atom is 0.180 e. The number of nitrogens with two attached hydrogens (primary N) is 1. The summed E-state index contributed by atoms with van der Waals surface area (Å²) < 4.78 is 13.0. The largest absolute Gasteiger partial charge is 0.495 e. The lowest BCUT2D eigenvalue weighted by atomic mass is 10.1. The number of rotatable bonds is 6. The molecule has 3 rings (SSSR count). The normalized spacial score (nSPS) is 11.2. The monoisotopic (exact) mass is 326 g/mol. The van der Waals surface area contributed by atoms with Crippen molar-refractivity contribution in [1.82, 2.24) is 14.3 Å². The Morgan fingerprint density at radius 2 is 2.04 bits per heavy atom. The Labute approximate surface area is 141 Å². The molecule has 3 aromatic rings. The Kier molecular flexibility index (Phi) is 4.57. The van der Waals surface area contributed by atoms with Gasteiger partial charge in [-0.1, -0.05) is 0 Å². The number of imidazole rings is 1. The number of anilines is 1. The minimum absolute atomic E-state index is 0.592. The molecule has 0 amide bonds. The van der Waals surface area contributed by atoms with Crippen LogP contribution in [0.1, 0.15) is 0 Å². The molecule has 2 heterocycles. The smallest absolute Gasteiger partial charge is 0.180 e.